The minimum atomic E-state index is -0.245. The Morgan fingerprint density at radius 3 is 2.67 bits per heavy atom. The van der Waals surface area contributed by atoms with Gasteiger partial charge in [-0.25, -0.2) is 0 Å². The molecule has 0 saturated heterocycles. The van der Waals surface area contributed by atoms with Gasteiger partial charge in [0.1, 0.15) is 0 Å². The van der Waals surface area contributed by atoms with Gasteiger partial charge in [-0.15, -0.1) is 0 Å². The van der Waals surface area contributed by atoms with Gasteiger partial charge in [-0.2, -0.15) is 0 Å². The van der Waals surface area contributed by atoms with Gasteiger partial charge in [0, 0.05) is 28.6 Å². The maximum absolute atomic E-state index is 11.8. The van der Waals surface area contributed by atoms with Crippen LogP contribution in [0.4, 0.5) is 0 Å². The van der Waals surface area contributed by atoms with E-state index in [9.17, 15) is 9.59 Å². The Kier molecular flexibility index (Phi) is 3.53. The maximum atomic E-state index is 11.8. The van der Waals surface area contributed by atoms with Gasteiger partial charge < -0.3 is 5.32 Å². The fourth-order valence-corrected chi connectivity index (χ4v) is 2.68. The number of carbonyl (C=O) groups excluding carboxylic acids is 2. The molecule has 0 bridgehead atoms. The molecule has 18 heavy (non-hydrogen) atoms. The maximum Gasteiger partial charge on any atom is 0.225 e. The molecular weight excluding hydrogens is 250 g/mol. The summed E-state index contributed by atoms with van der Waals surface area (Å²) in [5, 5.41) is 3.29. The molecule has 2 rings (SSSR count). The third-order valence-corrected chi connectivity index (χ3v) is 3.47. The van der Waals surface area contributed by atoms with Crippen LogP contribution in [0.2, 0.25) is 5.02 Å². The minimum Gasteiger partial charge on any atom is -0.330 e. The van der Waals surface area contributed by atoms with E-state index in [4.69, 9.17) is 11.6 Å². The molecule has 94 valence electrons. The second-order valence-electron chi connectivity index (χ2n) is 4.42. The Morgan fingerprint density at radius 2 is 2.06 bits per heavy atom. The van der Waals surface area contributed by atoms with Crippen LogP contribution >= 0.6 is 11.6 Å². The molecule has 1 aliphatic rings. The smallest absolute Gasteiger partial charge is 0.225 e. The number of rotatable bonds is 2. The molecular formula is C14H14ClNO2. The summed E-state index contributed by atoms with van der Waals surface area (Å²) in [6, 6.07) is 7.33. The van der Waals surface area contributed by atoms with Crippen LogP contribution in [0.1, 0.15) is 31.7 Å². The summed E-state index contributed by atoms with van der Waals surface area (Å²) >= 11 is 6.16. The molecule has 1 amide bonds. The quantitative estimate of drug-likeness (QED) is 0.892. The number of Topliss-reactive ketones (excluding diaryl/α,β-unsaturated/α-hetero) is 1. The van der Waals surface area contributed by atoms with Crippen molar-refractivity contribution in [1.82, 2.24) is 5.32 Å². The van der Waals surface area contributed by atoms with Crippen LogP contribution in [-0.2, 0) is 9.59 Å². The standard InChI is InChI=1S/C14H14ClNO2/c1-8-14(9(2)17)11(7-13(18)16-8)10-5-3-4-6-12(10)15/h3-6,11H,7H2,1-2H3,(H,16,18)/t11-/m0/s1. The second kappa shape index (κ2) is 4.94. The lowest BCUT2D eigenvalue weighted by molar-refractivity contribution is -0.121. The molecule has 1 heterocycles. The van der Waals surface area contributed by atoms with Gasteiger partial charge in [-0.1, -0.05) is 29.8 Å². The van der Waals surface area contributed by atoms with Crippen molar-refractivity contribution < 1.29 is 9.59 Å². The zero-order chi connectivity index (χ0) is 13.3. The number of allylic oxidation sites excluding steroid dienone is 2. The van der Waals surface area contributed by atoms with Crippen LogP contribution in [0.3, 0.4) is 0 Å². The van der Waals surface area contributed by atoms with E-state index in [-0.39, 0.29) is 24.0 Å². The Labute approximate surface area is 111 Å². The summed E-state index contributed by atoms with van der Waals surface area (Å²) < 4.78 is 0. The zero-order valence-electron chi connectivity index (χ0n) is 10.3. The van der Waals surface area contributed by atoms with E-state index < -0.39 is 0 Å². The molecule has 0 radical (unpaired) electrons. The molecule has 0 aliphatic carbocycles. The molecule has 0 saturated carbocycles. The summed E-state index contributed by atoms with van der Waals surface area (Å²) in [6.45, 7) is 3.26. The number of hydrogen-bond donors (Lipinski definition) is 1. The normalized spacial score (nSPS) is 19.7. The first-order chi connectivity index (χ1) is 8.50. The van der Waals surface area contributed by atoms with Crippen molar-refractivity contribution in [3.63, 3.8) is 0 Å². The predicted octanol–water partition coefficient (Wildman–Crippen LogP) is 2.81. The Hall–Kier alpha value is -1.61. The van der Waals surface area contributed by atoms with Crippen LogP contribution < -0.4 is 5.32 Å². The van der Waals surface area contributed by atoms with Crippen molar-refractivity contribution in [1.29, 1.82) is 0 Å². The van der Waals surface area contributed by atoms with Crippen molar-refractivity contribution in [2.75, 3.05) is 0 Å². The molecule has 0 aromatic heterocycles. The average molecular weight is 264 g/mol. The molecule has 0 fully saturated rings. The van der Waals surface area contributed by atoms with Crippen LogP contribution in [0, 0.1) is 0 Å². The molecule has 1 aromatic carbocycles. The van der Waals surface area contributed by atoms with Crippen LogP contribution in [0.15, 0.2) is 35.5 Å². The van der Waals surface area contributed by atoms with E-state index in [1.54, 1.807) is 13.0 Å². The molecule has 0 spiro atoms. The van der Waals surface area contributed by atoms with E-state index in [0.717, 1.165) is 5.56 Å². The molecule has 1 atom stereocenters. The zero-order valence-corrected chi connectivity index (χ0v) is 11.0. The molecule has 4 heteroatoms. The van der Waals surface area contributed by atoms with Crippen molar-refractivity contribution in [3.05, 3.63) is 46.1 Å². The van der Waals surface area contributed by atoms with Gasteiger partial charge in [0.05, 0.1) is 0 Å². The minimum absolute atomic E-state index is 0.0302. The van der Waals surface area contributed by atoms with E-state index >= 15 is 0 Å². The summed E-state index contributed by atoms with van der Waals surface area (Å²) in [5.74, 6) is -0.357. The first kappa shape index (κ1) is 12.8. The summed E-state index contributed by atoms with van der Waals surface area (Å²) in [7, 11) is 0. The van der Waals surface area contributed by atoms with Crippen LogP contribution in [0.5, 0.6) is 0 Å². The number of hydrogen-bond acceptors (Lipinski definition) is 2. The first-order valence-corrected chi connectivity index (χ1v) is 6.14. The highest BCUT2D eigenvalue weighted by atomic mass is 35.5. The highest BCUT2D eigenvalue weighted by Crippen LogP contribution is 2.36. The first-order valence-electron chi connectivity index (χ1n) is 5.76. The number of halogens is 1. The van der Waals surface area contributed by atoms with Crippen molar-refractivity contribution >= 4 is 23.3 Å². The van der Waals surface area contributed by atoms with Crippen molar-refractivity contribution in [2.45, 2.75) is 26.2 Å². The number of nitrogens with one attached hydrogen (secondary N) is 1. The lowest BCUT2D eigenvalue weighted by Crippen LogP contribution is -2.33. The average Bonchev–Trinajstić information content (AvgIpc) is 2.27. The fourth-order valence-electron chi connectivity index (χ4n) is 2.41. The van der Waals surface area contributed by atoms with Crippen molar-refractivity contribution in [3.8, 4) is 0 Å². The Balaban J connectivity index is 2.54. The molecule has 1 aliphatic heterocycles. The van der Waals surface area contributed by atoms with Gasteiger partial charge in [0.15, 0.2) is 5.78 Å². The summed E-state index contributed by atoms with van der Waals surface area (Å²) in [6.07, 6.45) is 0.260. The lowest BCUT2D eigenvalue weighted by atomic mass is 9.83. The van der Waals surface area contributed by atoms with E-state index in [2.05, 4.69) is 5.32 Å². The Bertz CT molecular complexity index is 548. The van der Waals surface area contributed by atoms with Gasteiger partial charge in [-0.3, -0.25) is 9.59 Å². The fraction of sp³-hybridized carbons (Fsp3) is 0.286. The van der Waals surface area contributed by atoms with Crippen LogP contribution in [0.25, 0.3) is 0 Å². The molecule has 1 N–H and O–H groups in total. The number of ketones is 1. The Morgan fingerprint density at radius 1 is 1.39 bits per heavy atom. The van der Waals surface area contributed by atoms with Crippen LogP contribution in [-0.4, -0.2) is 11.7 Å². The summed E-state index contributed by atoms with van der Waals surface area (Å²) in [4.78, 5) is 23.4. The van der Waals surface area contributed by atoms with Gasteiger partial charge in [0.25, 0.3) is 0 Å². The SMILES string of the molecule is CC(=O)C1=C(C)NC(=O)C[C@H]1c1ccccc1Cl. The van der Waals surface area contributed by atoms with E-state index in [1.807, 2.05) is 18.2 Å². The third-order valence-electron chi connectivity index (χ3n) is 3.13. The van der Waals surface area contributed by atoms with E-state index in [0.29, 0.717) is 16.3 Å². The number of benzene rings is 1. The molecule has 1 aromatic rings. The molecule has 3 nitrogen and oxygen atoms in total. The van der Waals surface area contributed by atoms with Gasteiger partial charge in [-0.05, 0) is 25.5 Å². The molecule has 0 unspecified atom stereocenters. The van der Waals surface area contributed by atoms with Gasteiger partial charge >= 0.3 is 0 Å². The third kappa shape index (κ3) is 2.31. The monoisotopic (exact) mass is 263 g/mol. The highest BCUT2D eigenvalue weighted by Gasteiger charge is 2.30. The topological polar surface area (TPSA) is 46.2 Å². The largest absolute Gasteiger partial charge is 0.330 e. The number of carbonyl (C=O) groups is 2. The number of amides is 1. The second-order valence-corrected chi connectivity index (χ2v) is 4.83. The predicted molar refractivity (Wildman–Crippen MR) is 70.3 cm³/mol. The van der Waals surface area contributed by atoms with Crippen molar-refractivity contribution in [2.24, 2.45) is 0 Å². The lowest BCUT2D eigenvalue weighted by Gasteiger charge is -2.26. The van der Waals surface area contributed by atoms with Gasteiger partial charge in [0.2, 0.25) is 5.91 Å². The summed E-state index contributed by atoms with van der Waals surface area (Å²) in [5.41, 5.74) is 2.10. The highest BCUT2D eigenvalue weighted by molar-refractivity contribution is 6.31. The van der Waals surface area contributed by atoms with E-state index in [1.165, 1.54) is 6.92 Å².